The van der Waals surface area contributed by atoms with Crippen LogP contribution >= 0.6 is 0 Å². The van der Waals surface area contributed by atoms with Gasteiger partial charge in [0, 0.05) is 43.9 Å². The number of hydrogen-bond donors (Lipinski definition) is 2. The summed E-state index contributed by atoms with van der Waals surface area (Å²) in [5.74, 6) is -0.446. The molecule has 3 aromatic carbocycles. The summed E-state index contributed by atoms with van der Waals surface area (Å²) in [7, 11) is 0. The second kappa shape index (κ2) is 14.6. The summed E-state index contributed by atoms with van der Waals surface area (Å²) < 4.78 is 10.8. The molecule has 4 rings (SSSR count). The lowest BCUT2D eigenvalue weighted by atomic mass is 10.1. The van der Waals surface area contributed by atoms with Crippen LogP contribution in [0, 0.1) is 0 Å². The summed E-state index contributed by atoms with van der Waals surface area (Å²) in [4.78, 5) is 43.1. The molecular weight excluding hydrogens is 532 g/mol. The molecule has 1 heterocycles. The van der Waals surface area contributed by atoms with Gasteiger partial charge in [-0.25, -0.2) is 4.79 Å². The van der Waals surface area contributed by atoms with Gasteiger partial charge in [0.1, 0.15) is 5.60 Å². The highest BCUT2D eigenvalue weighted by Crippen LogP contribution is 2.23. The molecule has 1 saturated heterocycles. The topological polar surface area (TPSA) is 100 Å². The van der Waals surface area contributed by atoms with Crippen LogP contribution in [-0.2, 0) is 16.0 Å². The van der Waals surface area contributed by atoms with Gasteiger partial charge in [-0.1, -0.05) is 42.5 Å². The minimum Gasteiger partial charge on any atom is -0.444 e. The Balaban J connectivity index is 1.41. The normalized spacial score (nSPS) is 13.7. The zero-order valence-corrected chi connectivity index (χ0v) is 24.6. The zero-order valence-electron chi connectivity index (χ0n) is 24.6. The fourth-order valence-electron chi connectivity index (χ4n) is 4.62. The number of morpholine rings is 1. The molecule has 1 fully saturated rings. The van der Waals surface area contributed by atoms with Gasteiger partial charge >= 0.3 is 6.09 Å². The van der Waals surface area contributed by atoms with Crippen LogP contribution in [0.3, 0.4) is 0 Å². The summed E-state index contributed by atoms with van der Waals surface area (Å²) in [6.07, 6.45) is 0.243. The third-order valence-corrected chi connectivity index (χ3v) is 6.71. The quantitative estimate of drug-likeness (QED) is 0.326. The van der Waals surface area contributed by atoms with Crippen LogP contribution in [0.1, 0.15) is 53.5 Å². The minimum absolute atomic E-state index is 0.0836. The smallest absolute Gasteiger partial charge is 0.412 e. The van der Waals surface area contributed by atoms with Crippen LogP contribution < -0.4 is 10.6 Å². The summed E-state index contributed by atoms with van der Waals surface area (Å²) in [6, 6.07) is 23.5. The SMILES string of the molecule is CC(C)(C)OC(=O)Nc1ccccc1NC(=O)c1ccc(C(=O)N(CCCN2CCOCC2)Cc2ccccc2)cc1. The Labute approximate surface area is 247 Å². The van der Waals surface area contributed by atoms with E-state index in [2.05, 4.69) is 15.5 Å². The van der Waals surface area contributed by atoms with E-state index in [1.54, 1.807) is 69.3 Å². The average Bonchev–Trinajstić information content (AvgIpc) is 2.97. The Morgan fingerprint density at radius 2 is 1.43 bits per heavy atom. The molecule has 0 saturated carbocycles. The van der Waals surface area contributed by atoms with E-state index in [0.717, 1.165) is 44.8 Å². The zero-order chi connectivity index (χ0) is 30.0. The molecule has 0 aliphatic carbocycles. The fourth-order valence-corrected chi connectivity index (χ4v) is 4.62. The number of para-hydroxylation sites is 2. The Hall–Kier alpha value is -4.21. The van der Waals surface area contributed by atoms with Crippen LogP contribution in [0.15, 0.2) is 78.9 Å². The molecule has 0 spiro atoms. The first-order valence-corrected chi connectivity index (χ1v) is 14.3. The summed E-state index contributed by atoms with van der Waals surface area (Å²) in [6.45, 7) is 10.7. The number of carbonyl (C=O) groups excluding carboxylic acids is 3. The molecule has 222 valence electrons. The number of carbonyl (C=O) groups is 3. The van der Waals surface area contributed by atoms with Crippen molar-refractivity contribution in [3.05, 3.63) is 95.6 Å². The summed E-state index contributed by atoms with van der Waals surface area (Å²) in [5, 5.41) is 5.52. The van der Waals surface area contributed by atoms with Crippen molar-refractivity contribution < 1.29 is 23.9 Å². The number of ether oxygens (including phenoxy) is 2. The molecule has 0 radical (unpaired) electrons. The van der Waals surface area contributed by atoms with E-state index in [1.165, 1.54) is 0 Å². The van der Waals surface area contributed by atoms with Gasteiger partial charge in [0.2, 0.25) is 0 Å². The van der Waals surface area contributed by atoms with Gasteiger partial charge in [-0.05, 0) is 69.2 Å². The van der Waals surface area contributed by atoms with E-state index in [-0.39, 0.29) is 11.8 Å². The number of rotatable bonds is 10. The molecule has 2 N–H and O–H groups in total. The number of hydrogen-bond acceptors (Lipinski definition) is 6. The number of anilines is 2. The molecule has 42 heavy (non-hydrogen) atoms. The molecule has 1 aliphatic rings. The maximum atomic E-state index is 13.6. The molecule has 9 nitrogen and oxygen atoms in total. The molecule has 0 unspecified atom stereocenters. The van der Waals surface area contributed by atoms with Gasteiger partial charge in [0.05, 0.1) is 24.6 Å². The monoisotopic (exact) mass is 572 g/mol. The highest BCUT2D eigenvalue weighted by molar-refractivity contribution is 6.07. The number of nitrogens with zero attached hydrogens (tertiary/aromatic N) is 2. The summed E-state index contributed by atoms with van der Waals surface area (Å²) >= 11 is 0. The molecule has 0 bridgehead atoms. The first kappa shape index (κ1) is 30.7. The third-order valence-electron chi connectivity index (χ3n) is 6.71. The van der Waals surface area contributed by atoms with Crippen LogP contribution in [0.5, 0.6) is 0 Å². The van der Waals surface area contributed by atoms with Crippen LogP contribution in [-0.4, -0.2) is 72.7 Å². The lowest BCUT2D eigenvalue weighted by Crippen LogP contribution is -2.39. The van der Waals surface area contributed by atoms with E-state index >= 15 is 0 Å². The van der Waals surface area contributed by atoms with Gasteiger partial charge in [-0.2, -0.15) is 0 Å². The third kappa shape index (κ3) is 9.43. The highest BCUT2D eigenvalue weighted by atomic mass is 16.6. The summed E-state index contributed by atoms with van der Waals surface area (Å²) in [5.41, 5.74) is 2.16. The Bertz CT molecular complexity index is 1330. The lowest BCUT2D eigenvalue weighted by molar-refractivity contribution is 0.0355. The second-order valence-electron chi connectivity index (χ2n) is 11.2. The largest absolute Gasteiger partial charge is 0.444 e. The number of nitrogens with one attached hydrogen (secondary N) is 2. The lowest BCUT2D eigenvalue weighted by Gasteiger charge is -2.28. The number of amides is 3. The Morgan fingerprint density at radius 1 is 0.833 bits per heavy atom. The maximum Gasteiger partial charge on any atom is 0.412 e. The van der Waals surface area contributed by atoms with Crippen molar-refractivity contribution >= 4 is 29.3 Å². The molecule has 3 amide bonds. The van der Waals surface area contributed by atoms with Crippen molar-refractivity contribution in [1.29, 1.82) is 0 Å². The minimum atomic E-state index is -0.652. The van der Waals surface area contributed by atoms with Crippen molar-refractivity contribution in [3.8, 4) is 0 Å². The van der Waals surface area contributed by atoms with E-state index in [4.69, 9.17) is 9.47 Å². The molecule has 9 heteroatoms. The van der Waals surface area contributed by atoms with Gasteiger partial charge in [-0.15, -0.1) is 0 Å². The van der Waals surface area contributed by atoms with Crippen molar-refractivity contribution in [1.82, 2.24) is 9.80 Å². The van der Waals surface area contributed by atoms with Gasteiger partial charge < -0.3 is 19.7 Å². The first-order valence-electron chi connectivity index (χ1n) is 14.3. The van der Waals surface area contributed by atoms with Gasteiger partial charge in [0.15, 0.2) is 0 Å². The van der Waals surface area contributed by atoms with Crippen LogP contribution in [0.25, 0.3) is 0 Å². The van der Waals surface area contributed by atoms with Gasteiger partial charge in [-0.3, -0.25) is 19.8 Å². The van der Waals surface area contributed by atoms with E-state index in [9.17, 15) is 14.4 Å². The fraction of sp³-hybridized carbons (Fsp3) is 0.364. The van der Waals surface area contributed by atoms with E-state index < -0.39 is 11.7 Å². The van der Waals surface area contributed by atoms with Crippen LogP contribution in [0.4, 0.5) is 16.2 Å². The van der Waals surface area contributed by atoms with Crippen molar-refractivity contribution in [2.75, 3.05) is 50.0 Å². The Morgan fingerprint density at radius 3 is 2.07 bits per heavy atom. The van der Waals surface area contributed by atoms with Gasteiger partial charge in [0.25, 0.3) is 11.8 Å². The Kier molecular flexibility index (Phi) is 10.7. The molecule has 1 aliphatic heterocycles. The van der Waals surface area contributed by atoms with E-state index in [1.807, 2.05) is 35.2 Å². The van der Waals surface area contributed by atoms with Crippen LogP contribution in [0.2, 0.25) is 0 Å². The predicted molar refractivity (Wildman–Crippen MR) is 164 cm³/mol. The number of benzene rings is 3. The molecule has 3 aromatic rings. The van der Waals surface area contributed by atoms with Crippen molar-refractivity contribution in [2.24, 2.45) is 0 Å². The first-order chi connectivity index (χ1) is 20.2. The standard InChI is InChI=1S/C33H40N4O5/c1-33(2,3)42-32(40)35-29-13-8-7-12-28(29)34-30(38)26-14-16-27(17-15-26)31(39)37(24-25-10-5-4-6-11-25)19-9-18-36-20-22-41-23-21-36/h4-8,10-17H,9,18-24H2,1-3H3,(H,34,38)(H,35,40). The van der Waals surface area contributed by atoms with E-state index in [0.29, 0.717) is 35.6 Å². The predicted octanol–water partition coefficient (Wildman–Crippen LogP) is 5.65. The maximum absolute atomic E-state index is 13.6. The highest BCUT2D eigenvalue weighted by Gasteiger charge is 2.20. The average molecular weight is 573 g/mol. The van der Waals surface area contributed by atoms with Crippen molar-refractivity contribution in [3.63, 3.8) is 0 Å². The second-order valence-corrected chi connectivity index (χ2v) is 11.2. The molecule has 0 atom stereocenters. The van der Waals surface area contributed by atoms with Crippen molar-refractivity contribution in [2.45, 2.75) is 39.3 Å². The molecular formula is C33H40N4O5. The molecule has 0 aromatic heterocycles.